The molecule has 1 atom stereocenters. The topological polar surface area (TPSA) is 72.9 Å². The molecule has 8 heteroatoms. The first-order valence-corrected chi connectivity index (χ1v) is 10.0. The smallest absolute Gasteiger partial charge is 0.328 e. The summed E-state index contributed by atoms with van der Waals surface area (Å²) in [6.07, 6.45) is 0.578. The number of hydrogen-bond acceptors (Lipinski definition) is 6. The summed E-state index contributed by atoms with van der Waals surface area (Å²) < 4.78 is 37.7. The average molecular weight is 381 g/mol. The van der Waals surface area contributed by atoms with Crippen LogP contribution in [0, 0.1) is 6.92 Å². The number of rotatable bonds is 4. The summed E-state index contributed by atoms with van der Waals surface area (Å²) >= 11 is 1.53. The van der Waals surface area contributed by atoms with E-state index in [1.807, 2.05) is 5.38 Å². The lowest BCUT2D eigenvalue weighted by atomic mass is 10.0. The third-order valence-corrected chi connectivity index (χ3v) is 7.18. The van der Waals surface area contributed by atoms with Crippen LogP contribution in [0.5, 0.6) is 5.75 Å². The second-order valence-electron chi connectivity index (χ2n) is 5.72. The van der Waals surface area contributed by atoms with E-state index in [0.29, 0.717) is 23.3 Å². The zero-order valence-electron chi connectivity index (χ0n) is 14.2. The molecule has 1 aromatic carbocycles. The third kappa shape index (κ3) is 3.05. The Bertz CT molecular complexity index is 904. The van der Waals surface area contributed by atoms with Crippen molar-refractivity contribution in [1.82, 2.24) is 4.31 Å². The van der Waals surface area contributed by atoms with E-state index >= 15 is 0 Å². The molecule has 2 heterocycles. The minimum atomic E-state index is -3.85. The van der Waals surface area contributed by atoms with Crippen LogP contribution < -0.4 is 4.74 Å². The predicted molar refractivity (Wildman–Crippen MR) is 94.4 cm³/mol. The van der Waals surface area contributed by atoms with Crippen molar-refractivity contribution in [3.63, 3.8) is 0 Å². The van der Waals surface area contributed by atoms with Gasteiger partial charge in [-0.25, -0.2) is 13.2 Å². The summed E-state index contributed by atoms with van der Waals surface area (Å²) in [5, 5.41) is 1.87. The van der Waals surface area contributed by atoms with E-state index in [4.69, 9.17) is 9.47 Å². The number of benzene rings is 1. The highest BCUT2D eigenvalue weighted by Crippen LogP contribution is 2.38. The molecule has 0 N–H and O–H groups in total. The van der Waals surface area contributed by atoms with Crippen LogP contribution in [0.15, 0.2) is 34.5 Å². The molecule has 1 aliphatic rings. The Labute approximate surface area is 151 Å². The standard InChI is InChI=1S/C17H19NO5S2/c1-11-10-12(4-5-14(11)22-2)25(20,21)18-8-6-15-13(7-9-24-15)16(18)17(19)23-3/h4-5,7,9-10,16H,6,8H2,1-3H3. The lowest BCUT2D eigenvalue weighted by Crippen LogP contribution is -2.43. The number of aryl methyl sites for hydroxylation is 1. The fourth-order valence-electron chi connectivity index (χ4n) is 3.06. The Kier molecular flexibility index (Phi) is 4.86. The van der Waals surface area contributed by atoms with Crippen LogP contribution in [-0.2, 0) is 26.0 Å². The van der Waals surface area contributed by atoms with Gasteiger partial charge in [-0.05, 0) is 54.1 Å². The van der Waals surface area contributed by atoms with Gasteiger partial charge in [-0.3, -0.25) is 0 Å². The van der Waals surface area contributed by atoms with Gasteiger partial charge in [0.2, 0.25) is 10.0 Å². The van der Waals surface area contributed by atoms with Gasteiger partial charge in [0, 0.05) is 11.4 Å². The number of methoxy groups -OCH3 is 2. The van der Waals surface area contributed by atoms with E-state index in [-0.39, 0.29) is 11.4 Å². The number of nitrogens with zero attached hydrogens (tertiary/aromatic N) is 1. The van der Waals surface area contributed by atoms with Crippen molar-refractivity contribution in [3.05, 3.63) is 45.6 Å². The molecule has 6 nitrogen and oxygen atoms in total. The van der Waals surface area contributed by atoms with Crippen molar-refractivity contribution in [2.24, 2.45) is 0 Å². The Balaban J connectivity index is 2.06. The highest BCUT2D eigenvalue weighted by molar-refractivity contribution is 7.89. The molecule has 0 aliphatic carbocycles. The van der Waals surface area contributed by atoms with Crippen molar-refractivity contribution in [3.8, 4) is 5.75 Å². The van der Waals surface area contributed by atoms with Gasteiger partial charge in [-0.2, -0.15) is 4.31 Å². The van der Waals surface area contributed by atoms with Gasteiger partial charge >= 0.3 is 5.97 Å². The highest BCUT2D eigenvalue weighted by atomic mass is 32.2. The van der Waals surface area contributed by atoms with Crippen molar-refractivity contribution in [1.29, 1.82) is 0 Å². The number of sulfonamides is 1. The van der Waals surface area contributed by atoms with Crippen LogP contribution in [0.25, 0.3) is 0 Å². The van der Waals surface area contributed by atoms with Gasteiger partial charge in [0.05, 0.1) is 19.1 Å². The van der Waals surface area contributed by atoms with Gasteiger partial charge < -0.3 is 9.47 Å². The second kappa shape index (κ2) is 6.78. The van der Waals surface area contributed by atoms with Crippen molar-refractivity contribution in [2.45, 2.75) is 24.3 Å². The molecule has 0 fully saturated rings. The Hall–Kier alpha value is -1.90. The first kappa shape index (κ1) is 17.9. The van der Waals surface area contributed by atoms with Crippen LogP contribution in [-0.4, -0.2) is 39.5 Å². The summed E-state index contributed by atoms with van der Waals surface area (Å²) in [7, 11) is -1.05. The molecular weight excluding hydrogens is 362 g/mol. The average Bonchev–Trinajstić information content (AvgIpc) is 3.08. The van der Waals surface area contributed by atoms with Crippen molar-refractivity contribution >= 4 is 27.3 Å². The summed E-state index contributed by atoms with van der Waals surface area (Å²) in [5.74, 6) is 0.0374. The number of hydrogen-bond donors (Lipinski definition) is 0. The first-order chi connectivity index (χ1) is 11.9. The van der Waals surface area contributed by atoms with Crippen molar-refractivity contribution < 1.29 is 22.7 Å². The van der Waals surface area contributed by atoms with Gasteiger partial charge in [-0.1, -0.05) is 0 Å². The Morgan fingerprint density at radius 2 is 2.04 bits per heavy atom. The molecule has 1 unspecified atom stereocenters. The summed E-state index contributed by atoms with van der Waals surface area (Å²) in [5.41, 5.74) is 1.42. The van der Waals surface area contributed by atoms with Gasteiger partial charge in [0.1, 0.15) is 11.8 Å². The molecule has 3 rings (SSSR count). The maximum Gasteiger partial charge on any atom is 0.328 e. The van der Waals surface area contributed by atoms with Crippen LogP contribution in [0.3, 0.4) is 0 Å². The van der Waals surface area contributed by atoms with Gasteiger partial charge in [0.25, 0.3) is 0 Å². The minimum absolute atomic E-state index is 0.137. The monoisotopic (exact) mass is 381 g/mol. The zero-order valence-corrected chi connectivity index (χ0v) is 15.8. The van der Waals surface area contributed by atoms with Crippen LogP contribution in [0.2, 0.25) is 0 Å². The fraction of sp³-hybridized carbons (Fsp3) is 0.353. The van der Waals surface area contributed by atoms with E-state index in [9.17, 15) is 13.2 Å². The number of carbonyl (C=O) groups excluding carboxylic acids is 1. The van der Waals surface area contributed by atoms with E-state index < -0.39 is 22.0 Å². The predicted octanol–water partition coefficient (Wildman–Crippen LogP) is 2.53. The lowest BCUT2D eigenvalue weighted by molar-refractivity contribution is -0.145. The largest absolute Gasteiger partial charge is 0.496 e. The molecule has 0 saturated carbocycles. The Morgan fingerprint density at radius 3 is 2.68 bits per heavy atom. The molecule has 0 saturated heterocycles. The number of carbonyl (C=O) groups is 1. The number of ether oxygens (including phenoxy) is 2. The van der Waals surface area contributed by atoms with E-state index in [1.54, 1.807) is 25.1 Å². The molecule has 134 valence electrons. The number of thiophene rings is 1. The quantitative estimate of drug-likeness (QED) is 0.761. The van der Waals surface area contributed by atoms with E-state index in [2.05, 4.69) is 0 Å². The summed E-state index contributed by atoms with van der Waals surface area (Å²) in [4.78, 5) is 13.5. The fourth-order valence-corrected chi connectivity index (χ4v) is 5.60. The molecule has 1 aliphatic heterocycles. The second-order valence-corrected chi connectivity index (χ2v) is 8.61. The number of esters is 1. The molecule has 0 radical (unpaired) electrons. The maximum atomic E-state index is 13.2. The molecule has 0 spiro atoms. The SMILES string of the molecule is COC(=O)C1c2ccsc2CCN1S(=O)(=O)c1ccc(OC)c(C)c1. The lowest BCUT2D eigenvalue weighted by Gasteiger charge is -2.33. The number of fused-ring (bicyclic) bond motifs is 1. The van der Waals surface area contributed by atoms with Crippen LogP contribution >= 0.6 is 11.3 Å². The van der Waals surface area contributed by atoms with Gasteiger partial charge in [0.15, 0.2) is 0 Å². The molecule has 0 amide bonds. The zero-order chi connectivity index (χ0) is 18.2. The summed E-state index contributed by atoms with van der Waals surface area (Å²) in [6, 6.07) is 5.52. The molecule has 0 bridgehead atoms. The molecular formula is C17H19NO5S2. The Morgan fingerprint density at radius 1 is 1.28 bits per heavy atom. The van der Waals surface area contributed by atoms with Crippen LogP contribution in [0.4, 0.5) is 0 Å². The molecule has 25 heavy (non-hydrogen) atoms. The summed E-state index contributed by atoms with van der Waals surface area (Å²) in [6.45, 7) is 2.02. The molecule has 1 aromatic heterocycles. The highest BCUT2D eigenvalue weighted by Gasteiger charge is 2.41. The maximum absolute atomic E-state index is 13.2. The third-order valence-electron chi connectivity index (χ3n) is 4.32. The van der Waals surface area contributed by atoms with Crippen LogP contribution in [0.1, 0.15) is 22.0 Å². The normalized spacial score (nSPS) is 17.8. The minimum Gasteiger partial charge on any atom is -0.496 e. The first-order valence-electron chi connectivity index (χ1n) is 7.70. The van der Waals surface area contributed by atoms with Gasteiger partial charge in [-0.15, -0.1) is 11.3 Å². The molecule has 2 aromatic rings. The van der Waals surface area contributed by atoms with E-state index in [1.165, 1.54) is 35.9 Å². The van der Waals surface area contributed by atoms with E-state index in [0.717, 1.165) is 4.88 Å². The van der Waals surface area contributed by atoms with Crippen molar-refractivity contribution in [2.75, 3.05) is 20.8 Å².